The third-order valence-corrected chi connectivity index (χ3v) is 2.41. The van der Waals surface area contributed by atoms with Crippen molar-refractivity contribution in [2.45, 2.75) is 6.18 Å². The largest absolute Gasteiger partial charge is 0.507 e. The van der Waals surface area contributed by atoms with Gasteiger partial charge in [-0.1, -0.05) is 11.6 Å². The lowest BCUT2D eigenvalue weighted by molar-refractivity contribution is -0.149. The molecule has 0 aliphatic carbocycles. The van der Waals surface area contributed by atoms with Gasteiger partial charge in [-0.25, -0.2) is 0 Å². The van der Waals surface area contributed by atoms with E-state index < -0.39 is 42.5 Å². The van der Waals surface area contributed by atoms with E-state index in [0.29, 0.717) is 0 Å². The van der Waals surface area contributed by atoms with E-state index in [2.05, 4.69) is 0 Å². The number of amides is 1. The Morgan fingerprint density at radius 3 is 2.40 bits per heavy atom. The van der Waals surface area contributed by atoms with Crippen molar-refractivity contribution in [2.24, 2.45) is 0 Å². The molecular weight excluding hydrogens is 303 g/mol. The van der Waals surface area contributed by atoms with E-state index >= 15 is 0 Å². The van der Waals surface area contributed by atoms with E-state index in [4.69, 9.17) is 16.7 Å². The fourth-order valence-corrected chi connectivity index (χ4v) is 1.60. The van der Waals surface area contributed by atoms with E-state index in [9.17, 15) is 27.9 Å². The van der Waals surface area contributed by atoms with Crippen LogP contribution < -0.4 is 0 Å². The molecule has 0 radical (unpaired) electrons. The SMILES string of the molecule is O=C(O)CN(CC(F)(F)F)C(=O)c1cc(Cl)ccc1O. The number of carboxylic acid groups (broad SMARTS) is 1. The number of rotatable bonds is 4. The molecule has 0 unspecified atom stereocenters. The number of carbonyl (C=O) groups is 2. The summed E-state index contributed by atoms with van der Waals surface area (Å²) in [7, 11) is 0. The van der Waals surface area contributed by atoms with Gasteiger partial charge in [0.2, 0.25) is 0 Å². The van der Waals surface area contributed by atoms with Gasteiger partial charge in [-0.15, -0.1) is 0 Å². The molecule has 0 aromatic heterocycles. The Labute approximate surface area is 116 Å². The van der Waals surface area contributed by atoms with Crippen molar-refractivity contribution in [3.63, 3.8) is 0 Å². The molecule has 0 aliphatic rings. The van der Waals surface area contributed by atoms with Crippen molar-refractivity contribution in [1.82, 2.24) is 4.90 Å². The first-order valence-electron chi connectivity index (χ1n) is 5.16. The van der Waals surface area contributed by atoms with E-state index in [0.717, 1.165) is 12.1 Å². The number of phenolic OH excluding ortho intramolecular Hbond substituents is 1. The highest BCUT2D eigenvalue weighted by atomic mass is 35.5. The fraction of sp³-hybridized carbons (Fsp3) is 0.273. The number of phenols is 1. The lowest BCUT2D eigenvalue weighted by Crippen LogP contribution is -2.42. The highest BCUT2D eigenvalue weighted by Crippen LogP contribution is 2.25. The molecule has 0 heterocycles. The van der Waals surface area contributed by atoms with Gasteiger partial charge in [0.15, 0.2) is 0 Å². The molecule has 0 spiro atoms. The van der Waals surface area contributed by atoms with Gasteiger partial charge < -0.3 is 15.1 Å². The van der Waals surface area contributed by atoms with E-state index in [1.165, 1.54) is 6.07 Å². The zero-order valence-corrected chi connectivity index (χ0v) is 10.6. The van der Waals surface area contributed by atoms with Crippen LogP contribution in [0.4, 0.5) is 13.2 Å². The average Bonchev–Trinajstić information content (AvgIpc) is 2.28. The number of alkyl halides is 3. The van der Waals surface area contributed by atoms with Crippen LogP contribution >= 0.6 is 11.6 Å². The molecule has 0 atom stereocenters. The lowest BCUT2D eigenvalue weighted by Gasteiger charge is -2.22. The quantitative estimate of drug-likeness (QED) is 0.893. The van der Waals surface area contributed by atoms with Gasteiger partial charge >= 0.3 is 12.1 Å². The normalized spacial score (nSPS) is 11.2. The molecule has 1 aromatic carbocycles. The van der Waals surface area contributed by atoms with Gasteiger partial charge in [0.1, 0.15) is 18.8 Å². The van der Waals surface area contributed by atoms with E-state index in [-0.39, 0.29) is 9.92 Å². The monoisotopic (exact) mass is 311 g/mol. The summed E-state index contributed by atoms with van der Waals surface area (Å²) in [4.78, 5) is 22.5. The van der Waals surface area contributed by atoms with Gasteiger partial charge in [0.05, 0.1) is 5.56 Å². The summed E-state index contributed by atoms with van der Waals surface area (Å²) in [5, 5.41) is 18.0. The number of nitrogens with zero attached hydrogens (tertiary/aromatic N) is 1. The molecule has 5 nitrogen and oxygen atoms in total. The molecule has 1 amide bonds. The highest BCUT2D eigenvalue weighted by molar-refractivity contribution is 6.31. The summed E-state index contributed by atoms with van der Waals surface area (Å²) in [6, 6.07) is 3.23. The van der Waals surface area contributed by atoms with E-state index in [1.807, 2.05) is 0 Å². The predicted octanol–water partition coefficient (Wildman–Crippen LogP) is 2.13. The van der Waals surface area contributed by atoms with Crippen molar-refractivity contribution in [3.05, 3.63) is 28.8 Å². The number of hydrogen-bond donors (Lipinski definition) is 2. The van der Waals surface area contributed by atoms with Crippen molar-refractivity contribution < 1.29 is 33.0 Å². The first-order valence-corrected chi connectivity index (χ1v) is 5.54. The number of carboxylic acids is 1. The highest BCUT2D eigenvalue weighted by Gasteiger charge is 2.35. The molecule has 2 N–H and O–H groups in total. The van der Waals surface area contributed by atoms with Gasteiger partial charge in [-0.3, -0.25) is 9.59 Å². The Kier molecular flexibility index (Phi) is 4.83. The van der Waals surface area contributed by atoms with Gasteiger partial charge in [0.25, 0.3) is 5.91 Å². The Morgan fingerprint density at radius 1 is 1.30 bits per heavy atom. The number of hydrogen-bond acceptors (Lipinski definition) is 3. The van der Waals surface area contributed by atoms with Crippen LogP contribution in [0.25, 0.3) is 0 Å². The summed E-state index contributed by atoms with van der Waals surface area (Å²) in [6.45, 7) is -2.89. The Bertz CT molecular complexity index is 533. The second kappa shape index (κ2) is 6.00. The molecule has 0 aliphatic heterocycles. The van der Waals surface area contributed by atoms with Crippen molar-refractivity contribution in [1.29, 1.82) is 0 Å². The van der Waals surface area contributed by atoms with Crippen LogP contribution in [0.5, 0.6) is 5.75 Å². The minimum atomic E-state index is -4.76. The van der Waals surface area contributed by atoms with Gasteiger partial charge in [-0.05, 0) is 18.2 Å². The number of aromatic hydroxyl groups is 1. The van der Waals surface area contributed by atoms with Crippen molar-refractivity contribution in [2.75, 3.05) is 13.1 Å². The summed E-state index contributed by atoms with van der Waals surface area (Å²) in [5.41, 5.74) is -0.497. The minimum Gasteiger partial charge on any atom is -0.507 e. The first kappa shape index (κ1) is 16.1. The zero-order chi connectivity index (χ0) is 15.5. The third-order valence-electron chi connectivity index (χ3n) is 2.17. The third kappa shape index (κ3) is 4.61. The Balaban J connectivity index is 3.09. The first-order chi connectivity index (χ1) is 9.10. The number of halogens is 4. The molecule has 9 heteroatoms. The van der Waals surface area contributed by atoms with Crippen molar-refractivity contribution in [3.8, 4) is 5.75 Å². The summed E-state index contributed by atoms with van der Waals surface area (Å²) in [5.74, 6) is -3.47. The minimum absolute atomic E-state index is 0.0217. The molecule has 0 bridgehead atoms. The molecule has 0 fully saturated rings. The van der Waals surface area contributed by atoms with Crippen LogP contribution in [0.1, 0.15) is 10.4 Å². The van der Waals surface area contributed by atoms with Crippen LogP contribution in [0.15, 0.2) is 18.2 Å². The second-order valence-electron chi connectivity index (χ2n) is 3.83. The topological polar surface area (TPSA) is 77.8 Å². The predicted molar refractivity (Wildman–Crippen MR) is 62.7 cm³/mol. The lowest BCUT2D eigenvalue weighted by atomic mass is 10.1. The average molecular weight is 312 g/mol. The van der Waals surface area contributed by atoms with Crippen LogP contribution in [0.2, 0.25) is 5.02 Å². The second-order valence-corrected chi connectivity index (χ2v) is 4.27. The Hall–Kier alpha value is -1.96. The Morgan fingerprint density at radius 2 is 1.90 bits per heavy atom. The maximum atomic E-state index is 12.3. The maximum Gasteiger partial charge on any atom is 0.406 e. The summed E-state index contributed by atoms with van der Waals surface area (Å²) in [6.07, 6.45) is -4.76. The molecule has 20 heavy (non-hydrogen) atoms. The van der Waals surface area contributed by atoms with Crippen molar-refractivity contribution >= 4 is 23.5 Å². The molecule has 0 saturated carbocycles. The molecule has 110 valence electrons. The van der Waals surface area contributed by atoms with Crippen LogP contribution in [0.3, 0.4) is 0 Å². The van der Waals surface area contributed by atoms with Gasteiger partial charge in [0, 0.05) is 5.02 Å². The van der Waals surface area contributed by atoms with Crippen LogP contribution in [0, 0.1) is 0 Å². The number of aliphatic carboxylic acids is 1. The maximum absolute atomic E-state index is 12.3. The smallest absolute Gasteiger partial charge is 0.406 e. The summed E-state index contributed by atoms with van der Waals surface area (Å²) < 4.78 is 37.0. The molecule has 1 aromatic rings. The standard InChI is InChI=1S/C11H9ClF3NO4/c12-6-1-2-8(17)7(3-6)10(20)16(4-9(18)19)5-11(13,14)15/h1-3,17H,4-5H2,(H,18,19). The summed E-state index contributed by atoms with van der Waals surface area (Å²) >= 11 is 5.58. The molecular formula is C11H9ClF3NO4. The zero-order valence-electron chi connectivity index (χ0n) is 9.82. The van der Waals surface area contributed by atoms with Gasteiger partial charge in [-0.2, -0.15) is 13.2 Å². The molecule has 1 rings (SSSR count). The fourth-order valence-electron chi connectivity index (χ4n) is 1.43. The number of carbonyl (C=O) groups excluding carboxylic acids is 1. The van der Waals surface area contributed by atoms with Crippen LogP contribution in [-0.2, 0) is 4.79 Å². The number of benzene rings is 1. The molecule has 0 saturated heterocycles. The van der Waals surface area contributed by atoms with Crippen LogP contribution in [-0.4, -0.2) is 46.3 Å². The van der Waals surface area contributed by atoms with E-state index in [1.54, 1.807) is 0 Å².